The number of thiazole rings is 1. The molecule has 1 saturated carbocycles. The number of aromatic nitrogens is 3. The van der Waals surface area contributed by atoms with Crippen molar-refractivity contribution in [3.05, 3.63) is 52.4 Å². The van der Waals surface area contributed by atoms with Crippen LogP contribution in [0.2, 0.25) is 0 Å². The van der Waals surface area contributed by atoms with E-state index in [0.29, 0.717) is 22.9 Å². The maximum Gasteiger partial charge on any atom is 0.275 e. The molecule has 1 aromatic carbocycles. The van der Waals surface area contributed by atoms with Gasteiger partial charge in [0.05, 0.1) is 11.6 Å². The second-order valence-corrected chi connectivity index (χ2v) is 7.60. The largest absolute Gasteiger partial charge is 0.300 e. The van der Waals surface area contributed by atoms with Gasteiger partial charge in [-0.05, 0) is 18.4 Å². The van der Waals surface area contributed by atoms with Gasteiger partial charge in [0.15, 0.2) is 5.13 Å². The van der Waals surface area contributed by atoms with Gasteiger partial charge >= 0.3 is 0 Å². The zero-order chi connectivity index (χ0) is 17.9. The molecule has 1 unspecified atom stereocenters. The summed E-state index contributed by atoms with van der Waals surface area (Å²) >= 11 is 1.36. The van der Waals surface area contributed by atoms with Crippen LogP contribution in [0.4, 0.5) is 5.13 Å². The molecule has 0 saturated heterocycles. The normalized spacial score (nSPS) is 16.0. The summed E-state index contributed by atoms with van der Waals surface area (Å²) in [6.07, 6.45) is 8.51. The molecule has 1 atom stereocenters. The minimum Gasteiger partial charge on any atom is -0.300 e. The molecular weight excluding hydrogens is 348 g/mol. The Balaban J connectivity index is 1.70. The minimum atomic E-state index is -0.626. The van der Waals surface area contributed by atoms with Crippen LogP contribution >= 0.6 is 11.3 Å². The first kappa shape index (κ1) is 16.9. The number of rotatable bonds is 5. The highest BCUT2D eigenvalue weighted by atomic mass is 32.1. The fraction of sp³-hybridized carbons (Fsp3) is 0.368. The van der Waals surface area contributed by atoms with Gasteiger partial charge in [0.25, 0.3) is 11.5 Å². The monoisotopic (exact) mass is 368 g/mol. The maximum absolute atomic E-state index is 13.0. The van der Waals surface area contributed by atoms with Crippen LogP contribution in [0.5, 0.6) is 0 Å². The molecule has 0 bridgehead atoms. The number of nitrogens with zero attached hydrogens (tertiary/aromatic N) is 3. The van der Waals surface area contributed by atoms with E-state index in [2.05, 4.69) is 15.4 Å². The summed E-state index contributed by atoms with van der Waals surface area (Å²) in [7, 11) is 0. The van der Waals surface area contributed by atoms with Crippen LogP contribution in [0.15, 0.2) is 46.8 Å². The number of carbonyl (C=O) groups is 1. The number of fused-ring (bicyclic) bond motifs is 1. The van der Waals surface area contributed by atoms with Crippen LogP contribution in [-0.2, 0) is 4.79 Å². The number of hydrogen-bond acceptors (Lipinski definition) is 5. The summed E-state index contributed by atoms with van der Waals surface area (Å²) in [6.45, 7) is 0. The molecule has 4 rings (SSSR count). The Bertz CT molecular complexity index is 961. The molecule has 1 amide bonds. The predicted octanol–water partition coefficient (Wildman–Crippen LogP) is 3.61. The molecule has 1 aliphatic carbocycles. The van der Waals surface area contributed by atoms with Gasteiger partial charge in [0.2, 0.25) is 0 Å². The summed E-state index contributed by atoms with van der Waals surface area (Å²) in [4.78, 5) is 30.0. The van der Waals surface area contributed by atoms with Gasteiger partial charge in [-0.15, -0.1) is 11.3 Å². The van der Waals surface area contributed by atoms with Gasteiger partial charge in [-0.3, -0.25) is 9.59 Å². The SMILES string of the molecule is O=C(Nc1nccs1)C(CC1CCCC1)n1ncc2ccccc2c1=O. The molecule has 1 aliphatic rings. The van der Waals surface area contributed by atoms with E-state index in [1.165, 1.54) is 28.9 Å². The molecule has 1 fully saturated rings. The first-order valence-corrected chi connectivity index (χ1v) is 9.77. The van der Waals surface area contributed by atoms with E-state index in [0.717, 1.165) is 18.2 Å². The van der Waals surface area contributed by atoms with Crippen molar-refractivity contribution in [2.45, 2.75) is 38.1 Å². The molecule has 1 N–H and O–H groups in total. The van der Waals surface area contributed by atoms with E-state index in [9.17, 15) is 9.59 Å². The highest BCUT2D eigenvalue weighted by molar-refractivity contribution is 7.13. The highest BCUT2D eigenvalue weighted by Gasteiger charge is 2.29. The first-order valence-electron chi connectivity index (χ1n) is 8.89. The average molecular weight is 368 g/mol. The van der Waals surface area contributed by atoms with Crippen molar-refractivity contribution in [3.63, 3.8) is 0 Å². The van der Waals surface area contributed by atoms with Gasteiger partial charge in [-0.2, -0.15) is 5.10 Å². The average Bonchev–Trinajstić information content (AvgIpc) is 3.34. The predicted molar refractivity (Wildman–Crippen MR) is 102 cm³/mol. The number of nitrogens with one attached hydrogen (secondary N) is 1. The molecule has 0 spiro atoms. The van der Waals surface area contributed by atoms with Crippen LogP contribution < -0.4 is 10.9 Å². The molecule has 3 aromatic rings. The summed E-state index contributed by atoms with van der Waals surface area (Å²) in [5.41, 5.74) is -0.222. The van der Waals surface area contributed by atoms with Crippen molar-refractivity contribution in [1.82, 2.24) is 14.8 Å². The zero-order valence-corrected chi connectivity index (χ0v) is 15.1. The molecule has 6 nitrogen and oxygen atoms in total. The number of benzene rings is 1. The van der Waals surface area contributed by atoms with Crippen molar-refractivity contribution in [1.29, 1.82) is 0 Å². The van der Waals surface area contributed by atoms with E-state index in [-0.39, 0.29) is 11.5 Å². The first-order chi connectivity index (χ1) is 12.7. The second kappa shape index (κ2) is 7.37. The molecule has 0 radical (unpaired) electrons. The Labute approximate surface area is 154 Å². The molecule has 2 aromatic heterocycles. The lowest BCUT2D eigenvalue weighted by Crippen LogP contribution is -2.36. The third-order valence-electron chi connectivity index (χ3n) is 5.01. The minimum absolute atomic E-state index is 0.222. The maximum atomic E-state index is 13.0. The topological polar surface area (TPSA) is 76.9 Å². The lowest BCUT2D eigenvalue weighted by Gasteiger charge is -2.21. The van der Waals surface area contributed by atoms with Gasteiger partial charge in [0.1, 0.15) is 6.04 Å². The summed E-state index contributed by atoms with van der Waals surface area (Å²) in [6, 6.07) is 6.71. The van der Waals surface area contributed by atoms with Crippen molar-refractivity contribution in [3.8, 4) is 0 Å². The van der Waals surface area contributed by atoms with E-state index in [4.69, 9.17) is 0 Å². The molecule has 26 heavy (non-hydrogen) atoms. The quantitative estimate of drug-likeness (QED) is 0.746. The number of anilines is 1. The van der Waals surface area contributed by atoms with E-state index in [1.54, 1.807) is 18.5 Å². The molecule has 0 aliphatic heterocycles. The standard InChI is InChI=1S/C19H20N4O2S/c24-17(22-19-20-9-10-26-19)16(11-13-5-1-2-6-13)23-18(25)15-8-4-3-7-14(15)12-21-23/h3-4,7-10,12-13,16H,1-2,5-6,11H2,(H,20,22,24). The van der Waals surface area contributed by atoms with Crippen LogP contribution in [0.25, 0.3) is 10.8 Å². The number of hydrogen-bond donors (Lipinski definition) is 1. The lowest BCUT2D eigenvalue weighted by atomic mass is 9.98. The number of amides is 1. The van der Waals surface area contributed by atoms with Crippen LogP contribution in [-0.4, -0.2) is 20.7 Å². The Kier molecular flexibility index (Phi) is 4.79. The van der Waals surface area contributed by atoms with E-state index >= 15 is 0 Å². The van der Waals surface area contributed by atoms with Crippen LogP contribution in [0.1, 0.15) is 38.1 Å². The smallest absolute Gasteiger partial charge is 0.275 e. The van der Waals surface area contributed by atoms with Gasteiger partial charge in [-0.1, -0.05) is 43.9 Å². The van der Waals surface area contributed by atoms with Crippen molar-refractivity contribution in [2.75, 3.05) is 5.32 Å². The molecule has 2 heterocycles. The van der Waals surface area contributed by atoms with Gasteiger partial charge < -0.3 is 5.32 Å². The summed E-state index contributed by atoms with van der Waals surface area (Å²) in [5.74, 6) is 0.221. The fourth-order valence-electron chi connectivity index (χ4n) is 3.68. The van der Waals surface area contributed by atoms with E-state index in [1.807, 2.05) is 23.6 Å². The lowest BCUT2D eigenvalue weighted by molar-refractivity contribution is -0.120. The Morgan fingerprint density at radius 2 is 2.12 bits per heavy atom. The fourth-order valence-corrected chi connectivity index (χ4v) is 4.21. The summed E-state index contributed by atoms with van der Waals surface area (Å²) in [5, 5.41) is 10.9. The van der Waals surface area contributed by atoms with Gasteiger partial charge in [0, 0.05) is 17.0 Å². The molecule has 7 heteroatoms. The number of carbonyl (C=O) groups excluding carboxylic acids is 1. The second-order valence-electron chi connectivity index (χ2n) is 6.71. The van der Waals surface area contributed by atoms with Crippen molar-refractivity contribution in [2.24, 2.45) is 5.92 Å². The molecule has 134 valence electrons. The third-order valence-corrected chi connectivity index (χ3v) is 5.70. The van der Waals surface area contributed by atoms with E-state index < -0.39 is 6.04 Å². The van der Waals surface area contributed by atoms with Crippen LogP contribution in [0, 0.1) is 5.92 Å². The van der Waals surface area contributed by atoms with Crippen LogP contribution in [0.3, 0.4) is 0 Å². The Morgan fingerprint density at radius 3 is 2.88 bits per heavy atom. The zero-order valence-electron chi connectivity index (χ0n) is 14.3. The summed E-state index contributed by atoms with van der Waals surface area (Å²) < 4.78 is 1.35. The van der Waals surface area contributed by atoms with Crippen molar-refractivity contribution < 1.29 is 4.79 Å². The van der Waals surface area contributed by atoms with Gasteiger partial charge in [-0.25, -0.2) is 9.67 Å². The van der Waals surface area contributed by atoms with Crippen molar-refractivity contribution >= 4 is 33.1 Å². The Morgan fingerprint density at radius 1 is 1.31 bits per heavy atom. The third kappa shape index (κ3) is 3.39. The highest BCUT2D eigenvalue weighted by Crippen LogP contribution is 2.32. The molecular formula is C19H20N4O2S. The Hall–Kier alpha value is -2.54.